The minimum atomic E-state index is -3.98. The fourth-order valence-corrected chi connectivity index (χ4v) is 2.68. The van der Waals surface area contributed by atoms with Crippen molar-refractivity contribution in [3.05, 3.63) is 18.2 Å². The van der Waals surface area contributed by atoms with Crippen molar-refractivity contribution in [2.45, 2.75) is 11.5 Å². The van der Waals surface area contributed by atoms with E-state index < -0.39 is 16.6 Å². The third-order valence-electron chi connectivity index (χ3n) is 1.89. The largest absolute Gasteiger partial charge is 0.435 e. The summed E-state index contributed by atoms with van der Waals surface area (Å²) in [6.45, 7) is -3.03. The Morgan fingerprint density at radius 3 is 2.76 bits per heavy atom. The Morgan fingerprint density at radius 2 is 2.12 bits per heavy atom. The summed E-state index contributed by atoms with van der Waals surface area (Å²) in [6, 6.07) is 3.42. The van der Waals surface area contributed by atoms with E-state index in [2.05, 4.69) is 14.5 Å². The number of sulfonamides is 1. The monoisotopic (exact) mass is 282 g/mol. The van der Waals surface area contributed by atoms with Crippen LogP contribution in [-0.2, 0) is 10.0 Å². The van der Waals surface area contributed by atoms with Crippen LogP contribution in [0.2, 0.25) is 0 Å². The Labute approximate surface area is 100 Å². The van der Waals surface area contributed by atoms with Crippen molar-refractivity contribution in [1.82, 2.24) is 0 Å². The average Bonchev–Trinajstić information content (AvgIpc) is 2.17. The molecule has 1 aromatic rings. The van der Waals surface area contributed by atoms with Gasteiger partial charge in [-0.15, -0.1) is 4.40 Å². The zero-order valence-electron chi connectivity index (χ0n) is 8.02. The number of nitrogens with one attached hydrogen (secondary N) is 1. The number of anilines is 1. The lowest BCUT2D eigenvalue weighted by atomic mass is 10.3. The number of hydrogen-bond acceptors (Lipinski definition) is 4. The highest BCUT2D eigenvalue weighted by molar-refractivity contribution is 7.90. The zero-order valence-corrected chi connectivity index (χ0v) is 9.60. The second kappa shape index (κ2) is 4.11. The van der Waals surface area contributed by atoms with E-state index in [1.807, 2.05) is 0 Å². The van der Waals surface area contributed by atoms with Gasteiger partial charge in [0.05, 0.1) is 5.69 Å². The van der Waals surface area contributed by atoms with Gasteiger partial charge in [-0.1, -0.05) is 0 Å². The molecule has 1 N–H and O–H groups in total. The van der Waals surface area contributed by atoms with E-state index in [1.165, 1.54) is 12.1 Å². The van der Waals surface area contributed by atoms with Gasteiger partial charge in [-0.25, -0.2) is 0 Å². The van der Waals surface area contributed by atoms with Crippen LogP contribution in [0.4, 0.5) is 14.5 Å². The molecule has 1 aliphatic heterocycles. The highest BCUT2D eigenvalue weighted by atomic mass is 35.5. The van der Waals surface area contributed by atoms with Crippen LogP contribution in [-0.4, -0.2) is 20.3 Å². The van der Waals surface area contributed by atoms with E-state index in [0.29, 0.717) is 0 Å². The molecule has 0 fully saturated rings. The van der Waals surface area contributed by atoms with Gasteiger partial charge >= 0.3 is 6.61 Å². The van der Waals surface area contributed by atoms with Crippen LogP contribution in [0.3, 0.4) is 0 Å². The lowest BCUT2D eigenvalue weighted by molar-refractivity contribution is -0.0499. The van der Waals surface area contributed by atoms with Crippen LogP contribution in [0.15, 0.2) is 27.5 Å². The van der Waals surface area contributed by atoms with Crippen LogP contribution >= 0.6 is 11.6 Å². The van der Waals surface area contributed by atoms with E-state index in [4.69, 9.17) is 11.6 Å². The topological polar surface area (TPSA) is 67.8 Å². The highest BCUT2D eigenvalue weighted by Gasteiger charge is 2.25. The molecule has 0 aliphatic carbocycles. The molecule has 17 heavy (non-hydrogen) atoms. The van der Waals surface area contributed by atoms with E-state index in [9.17, 15) is 17.2 Å². The molecular formula is C8H5ClF2N2O3S. The fourth-order valence-electron chi connectivity index (χ4n) is 1.28. The molecule has 1 heterocycles. The van der Waals surface area contributed by atoms with Crippen LogP contribution in [0, 0.1) is 0 Å². The summed E-state index contributed by atoms with van der Waals surface area (Å²) in [5, 5.41) is 2.18. The average molecular weight is 283 g/mol. The molecule has 0 atom stereocenters. The minimum Gasteiger partial charge on any atom is -0.435 e. The van der Waals surface area contributed by atoms with Gasteiger partial charge in [0.2, 0.25) is 5.29 Å². The second-order valence-corrected chi connectivity index (χ2v) is 4.95. The number of hydrogen-bond donors (Lipinski definition) is 1. The summed E-state index contributed by atoms with van der Waals surface area (Å²) in [7, 11) is -3.98. The zero-order chi connectivity index (χ0) is 12.6. The first-order valence-corrected chi connectivity index (χ1v) is 6.06. The maximum atomic E-state index is 12.0. The quantitative estimate of drug-likeness (QED) is 0.843. The number of rotatable bonds is 2. The van der Waals surface area contributed by atoms with E-state index >= 15 is 0 Å². The van der Waals surface area contributed by atoms with Crippen LogP contribution < -0.4 is 10.1 Å². The normalized spacial score (nSPS) is 17.1. The van der Waals surface area contributed by atoms with Gasteiger partial charge in [0.15, 0.2) is 0 Å². The maximum absolute atomic E-state index is 12.0. The van der Waals surface area contributed by atoms with Gasteiger partial charge in [-0.05, 0) is 23.7 Å². The second-order valence-electron chi connectivity index (χ2n) is 3.02. The van der Waals surface area contributed by atoms with Gasteiger partial charge < -0.3 is 10.1 Å². The van der Waals surface area contributed by atoms with Crippen molar-refractivity contribution in [2.75, 3.05) is 5.32 Å². The molecule has 0 saturated heterocycles. The summed E-state index contributed by atoms with van der Waals surface area (Å²) in [6.07, 6.45) is 0. The van der Waals surface area contributed by atoms with Crippen LogP contribution in [0.5, 0.6) is 5.75 Å². The summed E-state index contributed by atoms with van der Waals surface area (Å²) in [5.41, 5.74) is 0.159. The van der Waals surface area contributed by atoms with Crippen molar-refractivity contribution in [3.8, 4) is 5.75 Å². The fraction of sp³-hybridized carbons (Fsp3) is 0.125. The summed E-state index contributed by atoms with van der Waals surface area (Å²) in [5.74, 6) is -0.266. The number of alkyl halides is 2. The van der Waals surface area contributed by atoms with E-state index in [-0.39, 0.29) is 21.6 Å². The molecule has 5 nitrogen and oxygen atoms in total. The summed E-state index contributed by atoms with van der Waals surface area (Å²) >= 11 is 5.46. The van der Waals surface area contributed by atoms with E-state index in [0.717, 1.165) is 6.07 Å². The first kappa shape index (κ1) is 12.1. The SMILES string of the molecule is O=S1(=O)N=C(Cl)Nc2ccc(OC(F)F)cc21. The van der Waals surface area contributed by atoms with Crippen molar-refractivity contribution >= 4 is 32.6 Å². The molecule has 0 saturated carbocycles. The Hall–Kier alpha value is -1.41. The van der Waals surface area contributed by atoms with Crippen molar-refractivity contribution in [2.24, 2.45) is 4.40 Å². The standard InChI is InChI=1S/C8H5ClF2N2O3S/c9-7-12-5-2-1-4(16-8(10)11)3-6(5)17(14,15)13-7/h1-3,8H,(H,12,13). The Morgan fingerprint density at radius 1 is 1.41 bits per heavy atom. The summed E-state index contributed by atoms with van der Waals surface area (Å²) in [4.78, 5) is -0.264. The molecule has 9 heteroatoms. The highest BCUT2D eigenvalue weighted by Crippen LogP contribution is 2.31. The molecule has 0 spiro atoms. The van der Waals surface area contributed by atoms with Crippen molar-refractivity contribution in [1.29, 1.82) is 0 Å². The number of ether oxygens (including phenoxy) is 1. The van der Waals surface area contributed by atoms with Gasteiger partial charge in [0.1, 0.15) is 10.6 Å². The molecule has 0 radical (unpaired) electrons. The lowest BCUT2D eigenvalue weighted by Gasteiger charge is -2.15. The molecule has 0 unspecified atom stereocenters. The number of amidine groups is 1. The number of benzene rings is 1. The molecule has 1 aliphatic rings. The number of nitrogens with zero attached hydrogens (tertiary/aromatic N) is 1. The Balaban J connectivity index is 2.49. The van der Waals surface area contributed by atoms with Crippen LogP contribution in [0.1, 0.15) is 0 Å². The van der Waals surface area contributed by atoms with Gasteiger partial charge in [0, 0.05) is 6.07 Å². The first-order chi connectivity index (χ1) is 7.88. The molecule has 2 rings (SSSR count). The maximum Gasteiger partial charge on any atom is 0.387 e. The van der Waals surface area contributed by atoms with Crippen molar-refractivity contribution < 1.29 is 21.9 Å². The number of halogens is 3. The van der Waals surface area contributed by atoms with Crippen molar-refractivity contribution in [3.63, 3.8) is 0 Å². The van der Waals surface area contributed by atoms with Gasteiger partial charge in [-0.2, -0.15) is 17.2 Å². The van der Waals surface area contributed by atoms with Gasteiger partial charge in [0.25, 0.3) is 10.0 Å². The third-order valence-corrected chi connectivity index (χ3v) is 3.49. The van der Waals surface area contributed by atoms with E-state index in [1.54, 1.807) is 0 Å². The molecule has 1 aromatic carbocycles. The molecule has 0 amide bonds. The van der Waals surface area contributed by atoms with Crippen LogP contribution in [0.25, 0.3) is 0 Å². The minimum absolute atomic E-state index is 0.159. The molecule has 0 bridgehead atoms. The molecular weight excluding hydrogens is 278 g/mol. The lowest BCUT2D eigenvalue weighted by Crippen LogP contribution is -2.17. The smallest absolute Gasteiger partial charge is 0.387 e. The molecule has 92 valence electrons. The predicted molar refractivity (Wildman–Crippen MR) is 57.2 cm³/mol. The molecule has 0 aromatic heterocycles. The third kappa shape index (κ3) is 2.47. The first-order valence-electron chi connectivity index (χ1n) is 4.25. The Bertz CT molecular complexity index is 588. The van der Waals surface area contributed by atoms with Gasteiger partial charge in [-0.3, -0.25) is 0 Å². The summed E-state index contributed by atoms with van der Waals surface area (Å²) < 4.78 is 54.3. The number of fused-ring (bicyclic) bond motifs is 1. The predicted octanol–water partition coefficient (Wildman–Crippen LogP) is 2.00. The Kier molecular flexibility index (Phi) is 2.92.